The van der Waals surface area contributed by atoms with Crippen LogP contribution < -0.4 is 10.6 Å². The summed E-state index contributed by atoms with van der Waals surface area (Å²) in [6.07, 6.45) is 0. The van der Waals surface area contributed by atoms with Crippen LogP contribution in [0.3, 0.4) is 0 Å². The van der Waals surface area contributed by atoms with E-state index in [9.17, 15) is 9.90 Å². The highest BCUT2D eigenvalue weighted by molar-refractivity contribution is 7.15. The Morgan fingerprint density at radius 1 is 0.838 bits per heavy atom. The van der Waals surface area contributed by atoms with Crippen molar-refractivity contribution in [3.05, 3.63) is 125 Å². The Morgan fingerprint density at radius 2 is 1.49 bits per heavy atom. The molecule has 1 aromatic heterocycles. The molecule has 0 spiro atoms. The number of nitrogens with two attached hydrogens (primary N) is 1. The van der Waals surface area contributed by atoms with Crippen molar-refractivity contribution in [2.75, 3.05) is 4.90 Å². The Labute approximate surface area is 220 Å². The number of nitrogens with zero attached hydrogens (tertiary/aromatic N) is 2. The Bertz CT molecular complexity index is 1510. The zero-order valence-electron chi connectivity index (χ0n) is 20.5. The third-order valence-electron chi connectivity index (χ3n) is 6.28. The maximum atomic E-state index is 11.5. The number of primary amides is 1. The van der Waals surface area contributed by atoms with Crippen LogP contribution >= 0.6 is 11.3 Å². The molecule has 4 aromatic carbocycles. The van der Waals surface area contributed by atoms with Crippen molar-refractivity contribution < 1.29 is 9.90 Å². The fourth-order valence-electron chi connectivity index (χ4n) is 4.26. The third kappa shape index (κ3) is 5.55. The number of carbonyl (C=O) groups is 1. The molecule has 6 heteroatoms. The molecule has 3 N–H and O–H groups in total. The first kappa shape index (κ1) is 24.3. The van der Waals surface area contributed by atoms with Gasteiger partial charge in [0.1, 0.15) is 10.8 Å². The highest BCUT2D eigenvalue weighted by atomic mass is 32.1. The monoisotopic (exact) mass is 505 g/mol. The minimum absolute atomic E-state index is 0.207. The van der Waals surface area contributed by atoms with Crippen molar-refractivity contribution >= 4 is 22.9 Å². The molecule has 37 heavy (non-hydrogen) atoms. The summed E-state index contributed by atoms with van der Waals surface area (Å²) in [5.74, 6) is -0.246. The summed E-state index contributed by atoms with van der Waals surface area (Å²) in [6.45, 7) is 3.13. The van der Waals surface area contributed by atoms with Gasteiger partial charge in [0, 0.05) is 22.5 Å². The summed E-state index contributed by atoms with van der Waals surface area (Å²) in [6, 6.07) is 33.3. The van der Waals surface area contributed by atoms with Crippen LogP contribution in [0.25, 0.3) is 21.7 Å². The fraction of sp³-hybridized carbons (Fsp3) is 0.0968. The number of aryl methyl sites for hydroxylation is 1. The Kier molecular flexibility index (Phi) is 7.01. The van der Waals surface area contributed by atoms with Gasteiger partial charge in [-0.05, 0) is 47.9 Å². The molecule has 0 fully saturated rings. The van der Waals surface area contributed by atoms with Crippen LogP contribution in [0.15, 0.2) is 103 Å². The van der Waals surface area contributed by atoms with Gasteiger partial charge in [-0.25, -0.2) is 4.98 Å². The Hall–Kier alpha value is -4.42. The maximum Gasteiger partial charge on any atom is 0.248 e. The molecule has 5 aromatic rings. The van der Waals surface area contributed by atoms with Gasteiger partial charge in [-0.3, -0.25) is 4.79 Å². The van der Waals surface area contributed by atoms with Crippen LogP contribution in [0.1, 0.15) is 26.5 Å². The number of thiazole rings is 1. The SMILES string of the molecule is Cc1nc(-c2ccccc2)sc1CN(Cc1ccc(C(N)=O)cc1)c1cc(-c2ccccc2)ccc1O. The molecule has 0 aliphatic rings. The molecule has 0 aliphatic carbocycles. The Morgan fingerprint density at radius 3 is 2.14 bits per heavy atom. The summed E-state index contributed by atoms with van der Waals surface area (Å²) in [5, 5.41) is 11.9. The Balaban J connectivity index is 1.53. The van der Waals surface area contributed by atoms with Gasteiger partial charge in [0.05, 0.1) is 17.9 Å². The van der Waals surface area contributed by atoms with Crippen LogP contribution in [-0.4, -0.2) is 16.0 Å². The van der Waals surface area contributed by atoms with E-state index >= 15 is 0 Å². The number of benzene rings is 4. The van der Waals surface area contributed by atoms with Crippen LogP contribution in [0.5, 0.6) is 5.75 Å². The van der Waals surface area contributed by atoms with E-state index < -0.39 is 5.91 Å². The van der Waals surface area contributed by atoms with E-state index in [0.717, 1.165) is 43.5 Å². The van der Waals surface area contributed by atoms with Gasteiger partial charge in [0.25, 0.3) is 0 Å². The lowest BCUT2D eigenvalue weighted by Gasteiger charge is -2.26. The molecule has 0 aliphatic heterocycles. The fourth-order valence-corrected chi connectivity index (χ4v) is 5.34. The standard InChI is InChI=1S/C31H27N3O2S/c1-21-29(37-31(33-21)25-10-6-3-7-11-25)20-34(19-22-12-14-24(15-13-22)30(32)36)27-18-26(16-17-28(27)35)23-8-4-2-5-9-23/h2-18,35H,19-20H2,1H3,(H2,32,36). The molecular weight excluding hydrogens is 478 g/mol. The molecular formula is C31H27N3O2S. The number of aromatic hydroxyl groups is 1. The number of rotatable bonds is 8. The number of anilines is 1. The zero-order chi connectivity index (χ0) is 25.8. The zero-order valence-corrected chi connectivity index (χ0v) is 21.3. The van der Waals surface area contributed by atoms with Crippen molar-refractivity contribution in [1.29, 1.82) is 0 Å². The summed E-state index contributed by atoms with van der Waals surface area (Å²) >= 11 is 1.66. The van der Waals surface area contributed by atoms with Crippen LogP contribution in [0, 0.1) is 6.92 Å². The van der Waals surface area contributed by atoms with Crippen molar-refractivity contribution in [1.82, 2.24) is 4.98 Å². The molecule has 0 saturated carbocycles. The number of aromatic nitrogens is 1. The second kappa shape index (κ2) is 10.7. The molecule has 0 saturated heterocycles. The lowest BCUT2D eigenvalue weighted by Crippen LogP contribution is -2.22. The first-order valence-corrected chi connectivity index (χ1v) is 12.8. The smallest absolute Gasteiger partial charge is 0.248 e. The summed E-state index contributed by atoms with van der Waals surface area (Å²) in [4.78, 5) is 19.6. The largest absolute Gasteiger partial charge is 0.506 e. The number of hydrogen-bond acceptors (Lipinski definition) is 5. The minimum Gasteiger partial charge on any atom is -0.506 e. The molecule has 0 unspecified atom stereocenters. The lowest BCUT2D eigenvalue weighted by molar-refractivity contribution is 0.100. The predicted molar refractivity (Wildman–Crippen MR) is 151 cm³/mol. The number of phenols is 1. The van der Waals surface area contributed by atoms with Gasteiger partial charge in [-0.2, -0.15) is 0 Å². The summed E-state index contributed by atoms with van der Waals surface area (Å²) in [7, 11) is 0. The summed E-state index contributed by atoms with van der Waals surface area (Å²) in [5.41, 5.74) is 11.8. The van der Waals surface area contributed by atoms with Crippen LogP contribution in [-0.2, 0) is 13.1 Å². The molecule has 0 bridgehead atoms. The molecule has 184 valence electrons. The normalized spacial score (nSPS) is 10.8. The maximum absolute atomic E-state index is 11.5. The highest BCUT2D eigenvalue weighted by Gasteiger charge is 2.18. The topological polar surface area (TPSA) is 79.5 Å². The molecule has 5 nitrogen and oxygen atoms in total. The average molecular weight is 506 g/mol. The molecule has 1 heterocycles. The number of carbonyl (C=O) groups excluding carboxylic acids is 1. The first-order chi connectivity index (χ1) is 18.0. The van der Waals surface area contributed by atoms with E-state index in [2.05, 4.69) is 29.2 Å². The van der Waals surface area contributed by atoms with Gasteiger partial charge >= 0.3 is 0 Å². The lowest BCUT2D eigenvalue weighted by atomic mass is 10.0. The quantitative estimate of drug-likeness (QED) is 0.243. The third-order valence-corrected chi connectivity index (χ3v) is 7.47. The van der Waals surface area contributed by atoms with Crippen molar-refractivity contribution in [2.45, 2.75) is 20.0 Å². The van der Waals surface area contributed by atoms with Crippen LogP contribution in [0.4, 0.5) is 5.69 Å². The van der Waals surface area contributed by atoms with E-state index in [1.165, 1.54) is 0 Å². The van der Waals surface area contributed by atoms with Crippen molar-refractivity contribution in [3.8, 4) is 27.4 Å². The number of hydrogen-bond donors (Lipinski definition) is 2. The first-order valence-electron chi connectivity index (χ1n) is 12.0. The molecule has 1 amide bonds. The van der Waals surface area contributed by atoms with Gasteiger partial charge in [0.15, 0.2) is 0 Å². The predicted octanol–water partition coefficient (Wildman–Crippen LogP) is 6.80. The second-order valence-electron chi connectivity index (χ2n) is 8.88. The highest BCUT2D eigenvalue weighted by Crippen LogP contribution is 2.36. The van der Waals surface area contributed by atoms with Gasteiger partial charge in [0.2, 0.25) is 5.91 Å². The summed E-state index contributed by atoms with van der Waals surface area (Å²) < 4.78 is 0. The van der Waals surface area contributed by atoms with E-state index in [4.69, 9.17) is 10.7 Å². The second-order valence-corrected chi connectivity index (χ2v) is 9.96. The average Bonchev–Trinajstić information content (AvgIpc) is 3.30. The molecule has 0 atom stereocenters. The van der Waals surface area contributed by atoms with Gasteiger partial charge < -0.3 is 15.7 Å². The van der Waals surface area contributed by atoms with E-state index in [1.807, 2.05) is 67.6 Å². The number of amides is 1. The van der Waals surface area contributed by atoms with Gasteiger partial charge in [-0.15, -0.1) is 11.3 Å². The van der Waals surface area contributed by atoms with E-state index in [-0.39, 0.29) is 5.75 Å². The minimum atomic E-state index is -0.453. The van der Waals surface area contributed by atoms with Crippen LogP contribution in [0.2, 0.25) is 0 Å². The van der Waals surface area contributed by atoms with Crippen molar-refractivity contribution in [3.63, 3.8) is 0 Å². The molecule has 5 rings (SSSR count). The number of phenolic OH excluding ortho intramolecular Hbond substituents is 1. The van der Waals surface area contributed by atoms with Gasteiger partial charge in [-0.1, -0.05) is 78.9 Å². The van der Waals surface area contributed by atoms with E-state index in [0.29, 0.717) is 18.7 Å². The molecule has 0 radical (unpaired) electrons. The van der Waals surface area contributed by atoms with Crippen molar-refractivity contribution in [2.24, 2.45) is 5.73 Å². The van der Waals surface area contributed by atoms with E-state index in [1.54, 1.807) is 29.5 Å².